The van der Waals surface area contributed by atoms with E-state index in [0.29, 0.717) is 5.92 Å². The summed E-state index contributed by atoms with van der Waals surface area (Å²) >= 11 is 0. The molecule has 2 aromatic heterocycles. The summed E-state index contributed by atoms with van der Waals surface area (Å²) in [5.41, 5.74) is 1.24. The molecule has 0 aliphatic carbocycles. The van der Waals surface area contributed by atoms with E-state index in [9.17, 15) is 0 Å². The minimum atomic E-state index is 0.493. The number of nitrogens with zero attached hydrogens (tertiary/aromatic N) is 4. The van der Waals surface area contributed by atoms with Crippen molar-refractivity contribution in [1.82, 2.24) is 20.0 Å². The van der Waals surface area contributed by atoms with Crippen molar-refractivity contribution < 1.29 is 0 Å². The summed E-state index contributed by atoms with van der Waals surface area (Å²) in [6.07, 6.45) is 5.07. The Morgan fingerprint density at radius 2 is 1.86 bits per heavy atom. The molecule has 72 valence electrons. The summed E-state index contributed by atoms with van der Waals surface area (Å²) in [5, 5.41) is 8.06. The summed E-state index contributed by atoms with van der Waals surface area (Å²) in [4.78, 5) is 5.72. The molecule has 14 heavy (non-hydrogen) atoms. The van der Waals surface area contributed by atoms with Crippen LogP contribution in [0.2, 0.25) is 0 Å². The first-order valence-electron chi connectivity index (χ1n) is 4.60. The summed E-state index contributed by atoms with van der Waals surface area (Å²) in [6, 6.07) is 4.02. The molecule has 0 unspecified atom stereocenters. The van der Waals surface area contributed by atoms with Crippen molar-refractivity contribution in [3.63, 3.8) is 0 Å². The van der Waals surface area contributed by atoms with Gasteiger partial charge in [-0.05, 0) is 23.6 Å². The Kier molecular flexibility index (Phi) is 2.26. The smallest absolute Gasteiger partial charge is 0.174 e. The van der Waals surface area contributed by atoms with E-state index < -0.39 is 0 Å². The van der Waals surface area contributed by atoms with Crippen molar-refractivity contribution in [2.24, 2.45) is 0 Å². The van der Waals surface area contributed by atoms with Crippen LogP contribution >= 0.6 is 0 Å². The molecular formula is C10H12N4. The fraction of sp³-hybridized carbons (Fsp3) is 0.300. The fourth-order valence-corrected chi connectivity index (χ4v) is 1.24. The van der Waals surface area contributed by atoms with E-state index in [-0.39, 0.29) is 0 Å². The minimum absolute atomic E-state index is 0.493. The molecule has 0 amide bonds. The van der Waals surface area contributed by atoms with Crippen LogP contribution in [0, 0.1) is 0 Å². The van der Waals surface area contributed by atoms with Crippen LogP contribution in [0.25, 0.3) is 5.82 Å². The predicted octanol–water partition coefficient (Wildman–Crippen LogP) is 1.79. The molecular weight excluding hydrogens is 176 g/mol. The van der Waals surface area contributed by atoms with Crippen LogP contribution in [0.5, 0.6) is 0 Å². The van der Waals surface area contributed by atoms with Gasteiger partial charge in [0.15, 0.2) is 5.82 Å². The van der Waals surface area contributed by atoms with Crippen LogP contribution in [0.15, 0.2) is 30.7 Å². The first-order chi connectivity index (χ1) is 6.77. The van der Waals surface area contributed by atoms with E-state index in [1.165, 1.54) is 10.4 Å². The lowest BCUT2D eigenvalue weighted by atomic mass is 10.1. The van der Waals surface area contributed by atoms with Gasteiger partial charge in [-0.3, -0.25) is 0 Å². The highest BCUT2D eigenvalue weighted by molar-refractivity contribution is 5.27. The van der Waals surface area contributed by atoms with Gasteiger partial charge < -0.3 is 0 Å². The van der Waals surface area contributed by atoms with Crippen LogP contribution in [-0.4, -0.2) is 20.0 Å². The lowest BCUT2D eigenvalue weighted by molar-refractivity contribution is 0.724. The van der Waals surface area contributed by atoms with Gasteiger partial charge in [0, 0.05) is 6.20 Å². The van der Waals surface area contributed by atoms with E-state index in [4.69, 9.17) is 0 Å². The number of hydrogen-bond acceptors (Lipinski definition) is 3. The normalized spacial score (nSPS) is 10.8. The van der Waals surface area contributed by atoms with Crippen LogP contribution < -0.4 is 0 Å². The summed E-state index contributed by atoms with van der Waals surface area (Å²) in [6.45, 7) is 4.30. The molecule has 0 saturated heterocycles. The number of aromatic nitrogens is 4. The molecule has 0 aromatic carbocycles. The molecule has 0 spiro atoms. The van der Waals surface area contributed by atoms with Crippen molar-refractivity contribution in [1.29, 1.82) is 0 Å². The lowest BCUT2D eigenvalue weighted by Gasteiger charge is -2.05. The predicted molar refractivity (Wildman–Crippen MR) is 53.2 cm³/mol. The van der Waals surface area contributed by atoms with E-state index in [1.807, 2.05) is 12.1 Å². The van der Waals surface area contributed by atoms with E-state index in [2.05, 4.69) is 29.0 Å². The van der Waals surface area contributed by atoms with Gasteiger partial charge in [0.25, 0.3) is 0 Å². The molecule has 0 aliphatic rings. The lowest BCUT2D eigenvalue weighted by Crippen LogP contribution is -2.02. The van der Waals surface area contributed by atoms with Crippen molar-refractivity contribution in [2.45, 2.75) is 19.8 Å². The maximum absolute atomic E-state index is 4.20. The third-order valence-corrected chi connectivity index (χ3v) is 2.06. The van der Waals surface area contributed by atoms with Crippen molar-refractivity contribution >= 4 is 0 Å². The molecule has 2 rings (SSSR count). The zero-order valence-electron chi connectivity index (χ0n) is 8.25. The second-order valence-electron chi connectivity index (χ2n) is 3.42. The summed E-state index contributed by atoms with van der Waals surface area (Å²) < 4.78 is 0. The highest BCUT2D eigenvalue weighted by Crippen LogP contribution is 2.14. The van der Waals surface area contributed by atoms with Crippen molar-refractivity contribution in [3.05, 3.63) is 36.3 Å². The standard InChI is InChI=1S/C10H12N4/c1-8(2)9-3-4-11-10(7-9)14-12-5-6-13-14/h3-8H,1-2H3. The summed E-state index contributed by atoms with van der Waals surface area (Å²) in [7, 11) is 0. The molecule has 0 aliphatic heterocycles. The van der Waals surface area contributed by atoms with Gasteiger partial charge in [0.2, 0.25) is 0 Å². The first kappa shape index (κ1) is 8.87. The number of rotatable bonds is 2. The van der Waals surface area contributed by atoms with Crippen LogP contribution in [0.4, 0.5) is 0 Å². The maximum Gasteiger partial charge on any atom is 0.174 e. The zero-order valence-corrected chi connectivity index (χ0v) is 8.25. The minimum Gasteiger partial charge on any atom is -0.236 e. The van der Waals surface area contributed by atoms with Crippen LogP contribution in [0.1, 0.15) is 25.3 Å². The Morgan fingerprint density at radius 1 is 1.14 bits per heavy atom. The Labute approximate surface area is 82.6 Å². The molecule has 4 heteroatoms. The van der Waals surface area contributed by atoms with Gasteiger partial charge in [-0.2, -0.15) is 10.2 Å². The van der Waals surface area contributed by atoms with Crippen LogP contribution in [-0.2, 0) is 0 Å². The van der Waals surface area contributed by atoms with Crippen molar-refractivity contribution in [2.75, 3.05) is 0 Å². The average Bonchev–Trinajstić information content (AvgIpc) is 2.71. The SMILES string of the molecule is CC(C)c1ccnc(-n2nccn2)c1. The third kappa shape index (κ3) is 1.64. The molecule has 0 N–H and O–H groups in total. The second kappa shape index (κ2) is 3.57. The van der Waals surface area contributed by atoms with E-state index >= 15 is 0 Å². The highest BCUT2D eigenvalue weighted by Gasteiger charge is 2.03. The summed E-state index contributed by atoms with van der Waals surface area (Å²) in [5.74, 6) is 1.26. The average molecular weight is 188 g/mol. The molecule has 0 radical (unpaired) electrons. The Morgan fingerprint density at radius 3 is 2.50 bits per heavy atom. The van der Waals surface area contributed by atoms with Gasteiger partial charge in [-0.1, -0.05) is 13.8 Å². The highest BCUT2D eigenvalue weighted by atomic mass is 15.5. The van der Waals surface area contributed by atoms with Gasteiger partial charge in [-0.15, -0.1) is 4.80 Å². The Balaban J connectivity index is 2.41. The molecule has 0 fully saturated rings. The van der Waals surface area contributed by atoms with Gasteiger partial charge >= 0.3 is 0 Å². The quantitative estimate of drug-likeness (QED) is 0.721. The number of pyridine rings is 1. The van der Waals surface area contributed by atoms with Gasteiger partial charge in [0.05, 0.1) is 12.4 Å². The largest absolute Gasteiger partial charge is 0.236 e. The molecule has 2 aromatic rings. The molecule has 2 heterocycles. The van der Waals surface area contributed by atoms with Crippen LogP contribution in [0.3, 0.4) is 0 Å². The maximum atomic E-state index is 4.20. The molecule has 0 saturated carbocycles. The Hall–Kier alpha value is -1.71. The van der Waals surface area contributed by atoms with E-state index in [0.717, 1.165) is 5.82 Å². The first-order valence-corrected chi connectivity index (χ1v) is 4.60. The van der Waals surface area contributed by atoms with Gasteiger partial charge in [-0.25, -0.2) is 4.98 Å². The molecule has 0 bridgehead atoms. The monoisotopic (exact) mass is 188 g/mol. The van der Waals surface area contributed by atoms with Gasteiger partial charge in [0.1, 0.15) is 0 Å². The third-order valence-electron chi connectivity index (χ3n) is 2.06. The molecule has 4 nitrogen and oxygen atoms in total. The Bertz CT molecular complexity index is 406. The topological polar surface area (TPSA) is 43.6 Å². The van der Waals surface area contributed by atoms with E-state index in [1.54, 1.807) is 18.6 Å². The number of hydrogen-bond donors (Lipinski definition) is 0. The second-order valence-corrected chi connectivity index (χ2v) is 3.42. The molecule has 0 atom stereocenters. The van der Waals surface area contributed by atoms with Crippen molar-refractivity contribution in [3.8, 4) is 5.82 Å². The zero-order chi connectivity index (χ0) is 9.97. The fourth-order valence-electron chi connectivity index (χ4n) is 1.24.